The summed E-state index contributed by atoms with van der Waals surface area (Å²) in [6.07, 6.45) is 0. The smallest absolute Gasteiger partial charge is 0.240 e. The molecule has 1 saturated heterocycles. The number of carbonyl (C=O) groups is 1. The maximum Gasteiger partial charge on any atom is 0.240 e. The standard InChI is InChI=1S/C20H19N7OS2/c28-17(23-20-25-21-13-30-20)11-26-6-8-27(9-7-26)19-15-3-1-2-4-16(15)22-18(24-19)14-5-10-29-12-14/h1-5,10,12-13H,6-9,11H2,(H,23,25,28). The van der Waals surface area contributed by atoms with Crippen molar-refractivity contribution >= 4 is 50.4 Å². The average molecular weight is 438 g/mol. The number of nitrogens with one attached hydrogen (secondary N) is 1. The van der Waals surface area contributed by atoms with Crippen molar-refractivity contribution in [3.8, 4) is 11.4 Å². The molecule has 0 bridgehead atoms. The molecule has 1 aliphatic rings. The van der Waals surface area contributed by atoms with Gasteiger partial charge in [-0.2, -0.15) is 11.3 Å². The third-order valence-electron chi connectivity index (χ3n) is 5.01. The van der Waals surface area contributed by atoms with Gasteiger partial charge in [-0.1, -0.05) is 23.5 Å². The van der Waals surface area contributed by atoms with Crippen LogP contribution in [0.15, 0.2) is 46.6 Å². The molecule has 10 heteroatoms. The molecule has 1 aliphatic heterocycles. The molecule has 152 valence electrons. The van der Waals surface area contributed by atoms with Crippen molar-refractivity contribution in [2.24, 2.45) is 0 Å². The summed E-state index contributed by atoms with van der Waals surface area (Å²) in [5, 5.41) is 16.1. The Morgan fingerprint density at radius 1 is 1.10 bits per heavy atom. The highest BCUT2D eigenvalue weighted by Gasteiger charge is 2.22. The second-order valence-corrected chi connectivity index (χ2v) is 8.57. The quantitative estimate of drug-likeness (QED) is 0.514. The van der Waals surface area contributed by atoms with Crippen LogP contribution in [0.5, 0.6) is 0 Å². The number of para-hydroxylation sites is 1. The number of hydrogen-bond donors (Lipinski definition) is 1. The average Bonchev–Trinajstić information content (AvgIpc) is 3.48. The van der Waals surface area contributed by atoms with Crippen LogP contribution in [0.4, 0.5) is 10.9 Å². The van der Waals surface area contributed by atoms with Gasteiger partial charge in [-0.05, 0) is 23.6 Å². The number of piperazine rings is 1. The minimum absolute atomic E-state index is 0.0626. The number of nitrogens with zero attached hydrogens (tertiary/aromatic N) is 6. The molecule has 8 nitrogen and oxygen atoms in total. The fourth-order valence-electron chi connectivity index (χ4n) is 3.53. The van der Waals surface area contributed by atoms with Gasteiger partial charge in [0.05, 0.1) is 12.1 Å². The molecule has 1 aromatic carbocycles. The molecular formula is C20H19N7OS2. The largest absolute Gasteiger partial charge is 0.353 e. The normalized spacial score (nSPS) is 14.9. The van der Waals surface area contributed by atoms with E-state index >= 15 is 0 Å². The number of rotatable bonds is 5. The molecule has 0 radical (unpaired) electrons. The number of hydrogen-bond acceptors (Lipinski definition) is 9. The van der Waals surface area contributed by atoms with Crippen LogP contribution in [-0.4, -0.2) is 63.7 Å². The van der Waals surface area contributed by atoms with Gasteiger partial charge < -0.3 is 4.90 Å². The number of anilines is 2. The SMILES string of the molecule is O=C(CN1CCN(c2nc(-c3ccsc3)nc3ccccc23)CC1)Nc1nncs1. The number of thiophene rings is 1. The van der Waals surface area contributed by atoms with E-state index in [0.29, 0.717) is 11.7 Å². The number of carbonyl (C=O) groups excluding carboxylic acids is 1. The highest BCUT2D eigenvalue weighted by atomic mass is 32.1. The first kappa shape index (κ1) is 19.0. The van der Waals surface area contributed by atoms with E-state index < -0.39 is 0 Å². The van der Waals surface area contributed by atoms with Crippen molar-refractivity contribution in [3.05, 3.63) is 46.6 Å². The summed E-state index contributed by atoms with van der Waals surface area (Å²) in [6, 6.07) is 10.2. The van der Waals surface area contributed by atoms with E-state index in [9.17, 15) is 4.79 Å². The van der Waals surface area contributed by atoms with E-state index in [4.69, 9.17) is 9.97 Å². The van der Waals surface area contributed by atoms with Crippen LogP contribution < -0.4 is 10.2 Å². The van der Waals surface area contributed by atoms with Gasteiger partial charge in [0.1, 0.15) is 11.3 Å². The minimum Gasteiger partial charge on any atom is -0.353 e. The Morgan fingerprint density at radius 3 is 2.73 bits per heavy atom. The van der Waals surface area contributed by atoms with Gasteiger partial charge in [0.25, 0.3) is 0 Å². The zero-order chi connectivity index (χ0) is 20.3. The minimum atomic E-state index is -0.0626. The van der Waals surface area contributed by atoms with E-state index in [-0.39, 0.29) is 5.91 Å². The third kappa shape index (κ3) is 4.02. The fraction of sp³-hybridized carbons (Fsp3) is 0.250. The van der Waals surface area contributed by atoms with Crippen molar-refractivity contribution in [1.29, 1.82) is 0 Å². The van der Waals surface area contributed by atoms with E-state index in [2.05, 4.69) is 36.8 Å². The Hall–Kier alpha value is -2.95. The van der Waals surface area contributed by atoms with Gasteiger partial charge in [0.15, 0.2) is 5.82 Å². The third-order valence-corrected chi connectivity index (χ3v) is 6.30. The first-order chi connectivity index (χ1) is 14.8. The molecule has 0 aliphatic carbocycles. The predicted octanol–water partition coefficient (Wildman–Crippen LogP) is 2.97. The highest BCUT2D eigenvalue weighted by molar-refractivity contribution is 7.13. The van der Waals surface area contributed by atoms with Crippen molar-refractivity contribution in [1.82, 2.24) is 25.1 Å². The Kier molecular flexibility index (Phi) is 5.35. The Balaban J connectivity index is 1.31. The summed E-state index contributed by atoms with van der Waals surface area (Å²) >= 11 is 2.96. The van der Waals surface area contributed by atoms with E-state index in [1.165, 1.54) is 11.3 Å². The molecular weight excluding hydrogens is 418 g/mol. The van der Waals surface area contributed by atoms with Crippen molar-refractivity contribution in [2.45, 2.75) is 0 Å². The zero-order valence-corrected chi connectivity index (χ0v) is 17.7. The Labute approximate surface area is 181 Å². The van der Waals surface area contributed by atoms with E-state index in [1.54, 1.807) is 16.8 Å². The van der Waals surface area contributed by atoms with Gasteiger partial charge in [0, 0.05) is 42.5 Å². The molecule has 3 aromatic heterocycles. The number of benzene rings is 1. The highest BCUT2D eigenvalue weighted by Crippen LogP contribution is 2.29. The summed E-state index contributed by atoms with van der Waals surface area (Å²) in [5.41, 5.74) is 3.59. The molecule has 4 heterocycles. The maximum absolute atomic E-state index is 12.2. The van der Waals surface area contributed by atoms with Crippen molar-refractivity contribution in [2.75, 3.05) is 42.9 Å². The summed E-state index contributed by atoms with van der Waals surface area (Å²) in [4.78, 5) is 26.3. The summed E-state index contributed by atoms with van der Waals surface area (Å²) in [7, 11) is 0. The van der Waals surface area contributed by atoms with Crippen LogP contribution in [0.3, 0.4) is 0 Å². The van der Waals surface area contributed by atoms with Crippen molar-refractivity contribution in [3.63, 3.8) is 0 Å². The lowest BCUT2D eigenvalue weighted by atomic mass is 10.2. The molecule has 1 N–H and O–H groups in total. The van der Waals surface area contributed by atoms with Gasteiger partial charge in [-0.3, -0.25) is 15.0 Å². The second kappa shape index (κ2) is 8.42. The molecule has 1 fully saturated rings. The lowest BCUT2D eigenvalue weighted by Gasteiger charge is -2.35. The summed E-state index contributed by atoms with van der Waals surface area (Å²) < 4.78 is 0. The molecule has 0 unspecified atom stereocenters. The monoisotopic (exact) mass is 437 g/mol. The first-order valence-corrected chi connectivity index (χ1v) is 11.4. The molecule has 1 amide bonds. The summed E-state index contributed by atoms with van der Waals surface area (Å²) in [5.74, 6) is 1.65. The fourth-order valence-corrected chi connectivity index (χ4v) is 4.62. The van der Waals surface area contributed by atoms with Crippen LogP contribution >= 0.6 is 22.7 Å². The molecule has 5 rings (SSSR count). The van der Waals surface area contributed by atoms with Crippen LogP contribution in [-0.2, 0) is 4.79 Å². The van der Waals surface area contributed by atoms with Crippen LogP contribution in [0.25, 0.3) is 22.3 Å². The van der Waals surface area contributed by atoms with Gasteiger partial charge >= 0.3 is 0 Å². The molecule has 30 heavy (non-hydrogen) atoms. The topological polar surface area (TPSA) is 87.1 Å². The molecule has 0 saturated carbocycles. The Morgan fingerprint density at radius 2 is 1.97 bits per heavy atom. The van der Waals surface area contributed by atoms with Gasteiger partial charge in [0.2, 0.25) is 11.0 Å². The summed E-state index contributed by atoms with van der Waals surface area (Å²) in [6.45, 7) is 3.52. The lowest BCUT2D eigenvalue weighted by Crippen LogP contribution is -2.49. The number of aromatic nitrogens is 4. The molecule has 4 aromatic rings. The lowest BCUT2D eigenvalue weighted by molar-refractivity contribution is -0.117. The molecule has 0 spiro atoms. The zero-order valence-electron chi connectivity index (χ0n) is 16.1. The van der Waals surface area contributed by atoms with Crippen molar-refractivity contribution < 1.29 is 4.79 Å². The molecule has 0 atom stereocenters. The number of fused-ring (bicyclic) bond motifs is 1. The second-order valence-electron chi connectivity index (χ2n) is 6.96. The predicted molar refractivity (Wildman–Crippen MR) is 120 cm³/mol. The maximum atomic E-state index is 12.2. The van der Waals surface area contributed by atoms with Crippen LogP contribution in [0, 0.1) is 0 Å². The van der Waals surface area contributed by atoms with Crippen LogP contribution in [0.1, 0.15) is 0 Å². The van der Waals surface area contributed by atoms with E-state index in [1.807, 2.05) is 29.6 Å². The number of amides is 1. The first-order valence-electron chi connectivity index (χ1n) is 9.59. The van der Waals surface area contributed by atoms with E-state index in [0.717, 1.165) is 54.3 Å². The van der Waals surface area contributed by atoms with Gasteiger partial charge in [-0.15, -0.1) is 10.2 Å². The van der Waals surface area contributed by atoms with Crippen LogP contribution in [0.2, 0.25) is 0 Å². The Bertz CT molecular complexity index is 1140. The van der Waals surface area contributed by atoms with Gasteiger partial charge in [-0.25, -0.2) is 9.97 Å².